The molecule has 0 aliphatic carbocycles. The summed E-state index contributed by atoms with van der Waals surface area (Å²) < 4.78 is 19.7. The highest BCUT2D eigenvalue weighted by Gasteiger charge is 2.46. The van der Waals surface area contributed by atoms with E-state index >= 15 is 0 Å². The maximum Gasteiger partial charge on any atom is 0.275 e. The monoisotopic (exact) mass is 584 g/mol. The van der Waals surface area contributed by atoms with Gasteiger partial charge in [-0.25, -0.2) is 14.8 Å². The van der Waals surface area contributed by atoms with E-state index in [0.29, 0.717) is 36.3 Å². The Balaban J connectivity index is 1.51. The zero-order valence-electron chi connectivity index (χ0n) is 23.6. The van der Waals surface area contributed by atoms with E-state index in [2.05, 4.69) is 27.2 Å². The van der Waals surface area contributed by atoms with Gasteiger partial charge in [0.2, 0.25) is 5.91 Å². The highest BCUT2D eigenvalue weighted by molar-refractivity contribution is 6.30. The number of rotatable bonds is 7. The summed E-state index contributed by atoms with van der Waals surface area (Å²) in [6.07, 6.45) is 0.889. The Kier molecular flexibility index (Phi) is 8.85. The number of nitrogens with one attached hydrogen (secondary N) is 3. The van der Waals surface area contributed by atoms with Crippen molar-refractivity contribution in [2.45, 2.75) is 84.2 Å². The van der Waals surface area contributed by atoms with Crippen molar-refractivity contribution in [3.63, 3.8) is 0 Å². The fraction of sp³-hybridized carbons (Fsp3) is 0.483. The summed E-state index contributed by atoms with van der Waals surface area (Å²) in [5.74, 6) is -1.42. The van der Waals surface area contributed by atoms with E-state index < -0.39 is 41.4 Å². The number of nitrogens with zero attached hydrogens (tertiary/aromatic N) is 3. The number of hydrogen-bond acceptors (Lipinski definition) is 7. The molecule has 5 atom stereocenters. The summed E-state index contributed by atoms with van der Waals surface area (Å²) in [5, 5.41) is 12.5. The lowest BCUT2D eigenvalue weighted by Crippen LogP contribution is -2.56. The van der Waals surface area contributed by atoms with Gasteiger partial charge in [-0.05, 0) is 77.3 Å². The first-order chi connectivity index (χ1) is 19.3. The quantitative estimate of drug-likeness (QED) is 0.451. The lowest BCUT2D eigenvalue weighted by atomic mass is 9.84. The minimum Gasteiger partial charge on any atom is -0.479 e. The van der Waals surface area contributed by atoms with Crippen molar-refractivity contribution >= 4 is 29.3 Å². The van der Waals surface area contributed by atoms with E-state index in [-0.39, 0.29) is 28.6 Å². The second-order valence-electron chi connectivity index (χ2n) is 11.2. The lowest BCUT2D eigenvalue weighted by molar-refractivity contribution is -0.137. The summed E-state index contributed by atoms with van der Waals surface area (Å²) in [4.78, 5) is 45.0. The molecule has 3 heterocycles. The minimum absolute atomic E-state index is 0.0311. The highest BCUT2D eigenvalue weighted by atomic mass is 35.5. The Morgan fingerprint density at radius 3 is 2.68 bits per heavy atom. The Morgan fingerprint density at radius 2 is 2.02 bits per heavy atom. The molecule has 1 aromatic carbocycles. The molecule has 2 aromatic rings. The number of benzene rings is 1. The molecule has 1 aromatic heterocycles. The second kappa shape index (κ2) is 12.0. The minimum atomic E-state index is -0.950. The first-order valence-corrected chi connectivity index (χ1v) is 13.9. The van der Waals surface area contributed by atoms with Crippen LogP contribution < -0.4 is 20.9 Å². The molecule has 2 fully saturated rings. The molecule has 3 amide bonds. The lowest BCUT2D eigenvalue weighted by Gasteiger charge is -2.38. The van der Waals surface area contributed by atoms with Gasteiger partial charge in [0.1, 0.15) is 23.3 Å². The average molecular weight is 585 g/mol. The molecule has 0 spiro atoms. The van der Waals surface area contributed by atoms with Crippen LogP contribution in [0.15, 0.2) is 30.3 Å². The number of pyridine rings is 1. The van der Waals surface area contributed by atoms with Crippen LogP contribution in [0.25, 0.3) is 0 Å². The van der Waals surface area contributed by atoms with Crippen molar-refractivity contribution < 1.29 is 23.5 Å². The van der Waals surface area contributed by atoms with Gasteiger partial charge in [-0.1, -0.05) is 17.7 Å². The van der Waals surface area contributed by atoms with Gasteiger partial charge in [-0.15, -0.1) is 0 Å². The molecule has 2 aliphatic heterocycles. The Bertz CT molecular complexity index is 1400. The Labute approximate surface area is 243 Å². The summed E-state index contributed by atoms with van der Waals surface area (Å²) in [6, 6.07) is 7.89. The molecule has 0 bridgehead atoms. The van der Waals surface area contributed by atoms with Gasteiger partial charge >= 0.3 is 0 Å². The van der Waals surface area contributed by atoms with Crippen LogP contribution in [0.5, 0.6) is 5.75 Å². The van der Waals surface area contributed by atoms with Crippen LogP contribution in [0, 0.1) is 29.5 Å². The van der Waals surface area contributed by atoms with E-state index in [9.17, 15) is 24.0 Å². The zero-order valence-corrected chi connectivity index (χ0v) is 24.4. The molecule has 41 heavy (non-hydrogen) atoms. The van der Waals surface area contributed by atoms with E-state index in [4.69, 9.17) is 16.3 Å². The Morgan fingerprint density at radius 1 is 1.29 bits per heavy atom. The Hall–Kier alpha value is -3.75. The molecule has 2 saturated heterocycles. The van der Waals surface area contributed by atoms with Crippen molar-refractivity contribution in [3.05, 3.63) is 58.1 Å². The predicted octanol–water partition coefficient (Wildman–Crippen LogP) is 3.74. The van der Waals surface area contributed by atoms with Crippen LogP contribution >= 0.6 is 11.6 Å². The van der Waals surface area contributed by atoms with Gasteiger partial charge in [-0.2, -0.15) is 5.26 Å². The molecule has 4 rings (SSSR count). The first-order valence-electron chi connectivity index (χ1n) is 13.5. The van der Waals surface area contributed by atoms with Crippen LogP contribution in [0.3, 0.4) is 0 Å². The van der Waals surface area contributed by atoms with Gasteiger partial charge < -0.3 is 15.0 Å². The van der Waals surface area contributed by atoms with Gasteiger partial charge in [0.05, 0.1) is 34.3 Å². The number of carbonyl (C=O) groups is 3. The van der Waals surface area contributed by atoms with E-state index in [0.717, 1.165) is 0 Å². The fourth-order valence-corrected chi connectivity index (χ4v) is 5.51. The van der Waals surface area contributed by atoms with Crippen LogP contribution in [-0.4, -0.2) is 51.8 Å². The highest BCUT2D eigenvalue weighted by Crippen LogP contribution is 2.44. The fourth-order valence-electron chi connectivity index (χ4n) is 5.32. The average Bonchev–Trinajstić information content (AvgIpc) is 3.39. The number of aromatic nitrogens is 1. The zero-order chi connectivity index (χ0) is 30.1. The number of ether oxygens (including phenoxy) is 1. The molecular formula is C29H34ClFN6O4. The number of hydrazine groups is 1. The maximum absolute atomic E-state index is 13.9. The molecule has 0 saturated carbocycles. The summed E-state index contributed by atoms with van der Waals surface area (Å²) in [7, 11) is 0. The number of aryl methyl sites for hydroxylation is 1. The van der Waals surface area contributed by atoms with Gasteiger partial charge in [0, 0.05) is 12.5 Å². The number of likely N-dealkylation sites (tertiary alicyclic amines) is 1. The molecule has 2 aliphatic rings. The number of carbonyl (C=O) groups excluding carboxylic acids is 3. The van der Waals surface area contributed by atoms with Crippen LogP contribution in [0.1, 0.15) is 74.7 Å². The smallest absolute Gasteiger partial charge is 0.275 e. The molecule has 12 heteroatoms. The number of hydrogen-bond donors (Lipinski definition) is 3. The third-order valence-electron chi connectivity index (χ3n) is 7.65. The predicted molar refractivity (Wildman–Crippen MR) is 149 cm³/mol. The number of halogens is 2. The molecule has 3 N–H and O–H groups in total. The second-order valence-corrected chi connectivity index (χ2v) is 11.6. The summed E-state index contributed by atoms with van der Waals surface area (Å²) >= 11 is 6.04. The van der Waals surface area contributed by atoms with E-state index in [1.165, 1.54) is 18.2 Å². The molecule has 218 valence electrons. The van der Waals surface area contributed by atoms with Crippen molar-refractivity contribution in [2.75, 3.05) is 0 Å². The molecule has 10 nitrogen and oxygen atoms in total. The largest absolute Gasteiger partial charge is 0.479 e. The van der Waals surface area contributed by atoms with Crippen LogP contribution in [0.2, 0.25) is 5.02 Å². The first kappa shape index (κ1) is 30.2. The van der Waals surface area contributed by atoms with Crippen molar-refractivity contribution in [3.8, 4) is 11.8 Å². The third kappa shape index (κ3) is 6.44. The standard InChI is InChI=1S/C29H34ClFN6O4/c1-15-12-24(27(39)36-35-15)41-23-10-8-21(33-16(23)2)26(38)34-17(3)28(40)37-22(9-11-25(37)29(4,5)14-32)18-6-7-20(31)19(30)13-18/h6-8,10,13,15,17,22,24-25,35H,9,11-12H2,1-5H3,(H,34,38)(H,36,39)/t15?,17-,22+,24?,25-/m1/s1. The van der Waals surface area contributed by atoms with E-state index in [1.807, 2.05) is 6.92 Å². The van der Waals surface area contributed by atoms with Crippen LogP contribution in [-0.2, 0) is 9.59 Å². The van der Waals surface area contributed by atoms with Gasteiger partial charge in [0.15, 0.2) is 6.10 Å². The van der Waals surface area contributed by atoms with Crippen LogP contribution in [0.4, 0.5) is 4.39 Å². The van der Waals surface area contributed by atoms with Gasteiger partial charge in [-0.3, -0.25) is 19.8 Å². The summed E-state index contributed by atoms with van der Waals surface area (Å²) in [5.41, 5.74) is 5.70. The SMILES string of the molecule is Cc1nc(C(=O)N[C@H](C)C(=O)N2[C@H](c3ccc(F)c(Cl)c3)CC[C@@H]2C(C)(C)C#N)ccc1OC1CC(C)NNC1=O. The molecule has 0 radical (unpaired) electrons. The maximum atomic E-state index is 13.9. The topological polar surface area (TPSA) is 136 Å². The van der Waals surface area contributed by atoms with Crippen molar-refractivity contribution in [2.24, 2.45) is 5.41 Å². The van der Waals surface area contributed by atoms with Crippen molar-refractivity contribution in [1.29, 1.82) is 5.26 Å². The molecule has 2 unspecified atom stereocenters. The number of amides is 3. The summed E-state index contributed by atoms with van der Waals surface area (Å²) in [6.45, 7) is 8.70. The molecular weight excluding hydrogens is 551 g/mol. The van der Waals surface area contributed by atoms with Crippen molar-refractivity contribution in [1.82, 2.24) is 26.1 Å². The van der Waals surface area contributed by atoms with E-state index in [1.54, 1.807) is 44.7 Å². The number of nitriles is 1. The third-order valence-corrected chi connectivity index (χ3v) is 7.94. The van der Waals surface area contributed by atoms with Gasteiger partial charge in [0.25, 0.3) is 11.8 Å². The normalized spacial score (nSPS) is 23.4.